The first-order valence-corrected chi connectivity index (χ1v) is 5.53. The van der Waals surface area contributed by atoms with Crippen LogP contribution in [0.1, 0.15) is 6.92 Å². The van der Waals surface area contributed by atoms with E-state index >= 15 is 0 Å². The maximum Gasteiger partial charge on any atom is 0.308 e. The number of carboxylic acids is 1. The lowest BCUT2D eigenvalue weighted by molar-refractivity contribution is -0.140. The fourth-order valence-electron chi connectivity index (χ4n) is 1.51. The van der Waals surface area contributed by atoms with Crippen LogP contribution in [0, 0.1) is 5.92 Å². The van der Waals surface area contributed by atoms with Gasteiger partial charge in [-0.2, -0.15) is 0 Å². The van der Waals surface area contributed by atoms with Crippen molar-refractivity contribution in [3.8, 4) is 11.5 Å². The van der Waals surface area contributed by atoms with E-state index < -0.39 is 11.9 Å². The van der Waals surface area contributed by atoms with Gasteiger partial charge in [0.05, 0.1) is 5.92 Å². The van der Waals surface area contributed by atoms with Crippen LogP contribution in [0.5, 0.6) is 11.5 Å². The van der Waals surface area contributed by atoms with Crippen molar-refractivity contribution in [3.63, 3.8) is 0 Å². The topological polar surface area (TPSA) is 67.8 Å². The van der Waals surface area contributed by atoms with Gasteiger partial charge in [-0.25, -0.2) is 0 Å². The first-order chi connectivity index (χ1) is 8.16. The maximum absolute atomic E-state index is 10.7. The zero-order chi connectivity index (χ0) is 12.3. The zero-order valence-corrected chi connectivity index (χ0v) is 9.60. The molecular weight excluding hydrogens is 222 g/mol. The summed E-state index contributed by atoms with van der Waals surface area (Å²) in [6.45, 7) is 3.15. The molecule has 2 rings (SSSR count). The molecule has 1 atom stereocenters. The molecule has 5 heteroatoms. The van der Waals surface area contributed by atoms with Crippen molar-refractivity contribution in [2.75, 3.05) is 25.1 Å². The molecule has 1 aliphatic heterocycles. The average molecular weight is 237 g/mol. The number of carbonyl (C=O) groups is 1. The van der Waals surface area contributed by atoms with Crippen molar-refractivity contribution in [1.82, 2.24) is 0 Å². The second kappa shape index (κ2) is 4.95. The fourth-order valence-corrected chi connectivity index (χ4v) is 1.51. The Morgan fingerprint density at radius 2 is 2.12 bits per heavy atom. The van der Waals surface area contributed by atoms with Gasteiger partial charge in [-0.3, -0.25) is 4.79 Å². The van der Waals surface area contributed by atoms with Gasteiger partial charge in [0, 0.05) is 18.3 Å². The molecule has 1 aliphatic rings. The van der Waals surface area contributed by atoms with E-state index in [1.165, 1.54) is 0 Å². The van der Waals surface area contributed by atoms with Crippen molar-refractivity contribution in [2.24, 2.45) is 5.92 Å². The predicted octanol–water partition coefficient (Wildman–Crippen LogP) is 1.59. The molecule has 0 aromatic heterocycles. The van der Waals surface area contributed by atoms with Crippen LogP contribution in [0.25, 0.3) is 0 Å². The Morgan fingerprint density at radius 1 is 1.41 bits per heavy atom. The molecule has 5 nitrogen and oxygen atoms in total. The zero-order valence-electron chi connectivity index (χ0n) is 9.60. The molecule has 0 bridgehead atoms. The van der Waals surface area contributed by atoms with E-state index in [-0.39, 0.29) is 0 Å². The van der Waals surface area contributed by atoms with Crippen LogP contribution >= 0.6 is 0 Å². The molecule has 0 aliphatic carbocycles. The lowest BCUT2D eigenvalue weighted by Gasteiger charge is -2.19. The van der Waals surface area contributed by atoms with Crippen molar-refractivity contribution < 1.29 is 19.4 Å². The third-order valence-corrected chi connectivity index (χ3v) is 2.58. The summed E-state index contributed by atoms with van der Waals surface area (Å²) in [4.78, 5) is 10.7. The molecule has 17 heavy (non-hydrogen) atoms. The number of hydrogen-bond donors (Lipinski definition) is 2. The smallest absolute Gasteiger partial charge is 0.308 e. The number of ether oxygens (including phenoxy) is 2. The highest BCUT2D eigenvalue weighted by molar-refractivity contribution is 5.70. The van der Waals surface area contributed by atoms with Gasteiger partial charge in [0.2, 0.25) is 0 Å². The molecule has 1 heterocycles. The second-order valence-electron chi connectivity index (χ2n) is 3.98. The fraction of sp³-hybridized carbons (Fsp3) is 0.417. The summed E-state index contributed by atoms with van der Waals surface area (Å²) >= 11 is 0. The van der Waals surface area contributed by atoms with E-state index in [2.05, 4.69) is 5.32 Å². The van der Waals surface area contributed by atoms with Gasteiger partial charge in [-0.1, -0.05) is 6.92 Å². The van der Waals surface area contributed by atoms with Gasteiger partial charge in [-0.05, 0) is 12.1 Å². The largest absolute Gasteiger partial charge is 0.486 e. The maximum atomic E-state index is 10.7. The highest BCUT2D eigenvalue weighted by Gasteiger charge is 2.13. The minimum Gasteiger partial charge on any atom is -0.486 e. The molecule has 0 fully saturated rings. The standard InChI is InChI=1S/C12H15NO4/c1-8(12(14)15)7-13-9-2-3-10-11(6-9)17-5-4-16-10/h2-3,6,8,13H,4-5,7H2,1H3,(H,14,15). The monoisotopic (exact) mass is 237 g/mol. The van der Waals surface area contributed by atoms with Crippen molar-refractivity contribution >= 4 is 11.7 Å². The molecular formula is C12H15NO4. The van der Waals surface area contributed by atoms with E-state index in [1.54, 1.807) is 6.92 Å². The molecule has 1 aromatic carbocycles. The molecule has 0 spiro atoms. The van der Waals surface area contributed by atoms with Gasteiger partial charge in [-0.15, -0.1) is 0 Å². The lowest BCUT2D eigenvalue weighted by Crippen LogP contribution is -2.20. The van der Waals surface area contributed by atoms with E-state index in [0.717, 1.165) is 11.4 Å². The van der Waals surface area contributed by atoms with Crippen LogP contribution in [0.3, 0.4) is 0 Å². The van der Waals surface area contributed by atoms with E-state index in [0.29, 0.717) is 25.5 Å². The number of fused-ring (bicyclic) bond motifs is 1. The van der Waals surface area contributed by atoms with Crippen LogP contribution in [-0.4, -0.2) is 30.8 Å². The highest BCUT2D eigenvalue weighted by Crippen LogP contribution is 2.32. The summed E-state index contributed by atoms with van der Waals surface area (Å²) in [5.41, 5.74) is 0.836. The summed E-state index contributed by atoms with van der Waals surface area (Å²) in [5.74, 6) is 0.190. The number of carboxylic acid groups (broad SMARTS) is 1. The lowest BCUT2D eigenvalue weighted by atomic mass is 10.2. The summed E-state index contributed by atoms with van der Waals surface area (Å²) in [6, 6.07) is 5.49. The number of anilines is 1. The third kappa shape index (κ3) is 2.81. The van der Waals surface area contributed by atoms with Gasteiger partial charge < -0.3 is 19.9 Å². The van der Waals surface area contributed by atoms with Crippen molar-refractivity contribution in [3.05, 3.63) is 18.2 Å². The molecule has 92 valence electrons. The van der Waals surface area contributed by atoms with Crippen LogP contribution in [0.2, 0.25) is 0 Å². The first-order valence-electron chi connectivity index (χ1n) is 5.53. The van der Waals surface area contributed by atoms with Crippen LogP contribution in [0.4, 0.5) is 5.69 Å². The molecule has 0 amide bonds. The second-order valence-corrected chi connectivity index (χ2v) is 3.98. The molecule has 0 radical (unpaired) electrons. The molecule has 2 N–H and O–H groups in total. The normalized spacial score (nSPS) is 15.1. The number of nitrogens with one attached hydrogen (secondary N) is 1. The predicted molar refractivity (Wildman–Crippen MR) is 62.7 cm³/mol. The summed E-state index contributed by atoms with van der Waals surface area (Å²) in [6.07, 6.45) is 0. The van der Waals surface area contributed by atoms with Crippen molar-refractivity contribution in [1.29, 1.82) is 0 Å². The molecule has 1 unspecified atom stereocenters. The minimum atomic E-state index is -0.810. The van der Waals surface area contributed by atoms with E-state index in [9.17, 15) is 4.79 Å². The Kier molecular flexibility index (Phi) is 3.37. The number of aliphatic carboxylic acids is 1. The Morgan fingerprint density at radius 3 is 2.82 bits per heavy atom. The average Bonchev–Trinajstić information content (AvgIpc) is 2.35. The molecule has 1 aromatic rings. The molecule has 0 saturated carbocycles. The summed E-state index contributed by atoms with van der Waals surface area (Å²) in [7, 11) is 0. The molecule has 0 saturated heterocycles. The minimum absolute atomic E-state index is 0.384. The number of benzene rings is 1. The van der Waals surface area contributed by atoms with E-state index in [1.807, 2.05) is 18.2 Å². The Labute approximate surface area is 99.3 Å². The quantitative estimate of drug-likeness (QED) is 0.832. The Bertz CT molecular complexity index is 419. The van der Waals surface area contributed by atoms with Gasteiger partial charge >= 0.3 is 5.97 Å². The summed E-state index contributed by atoms with van der Waals surface area (Å²) < 4.78 is 10.8. The van der Waals surface area contributed by atoms with Crippen LogP contribution < -0.4 is 14.8 Å². The van der Waals surface area contributed by atoms with E-state index in [4.69, 9.17) is 14.6 Å². The van der Waals surface area contributed by atoms with Crippen LogP contribution in [0.15, 0.2) is 18.2 Å². The van der Waals surface area contributed by atoms with Gasteiger partial charge in [0.25, 0.3) is 0 Å². The number of rotatable bonds is 4. The number of hydrogen-bond acceptors (Lipinski definition) is 4. The van der Waals surface area contributed by atoms with Gasteiger partial charge in [0.15, 0.2) is 11.5 Å². The van der Waals surface area contributed by atoms with Gasteiger partial charge in [0.1, 0.15) is 13.2 Å². The highest BCUT2D eigenvalue weighted by atomic mass is 16.6. The first kappa shape index (κ1) is 11.6. The third-order valence-electron chi connectivity index (χ3n) is 2.58. The Balaban J connectivity index is 2.00. The SMILES string of the molecule is CC(CNc1ccc2c(c1)OCCO2)C(=O)O. The summed E-state index contributed by atoms with van der Waals surface area (Å²) in [5, 5.41) is 11.8. The van der Waals surface area contributed by atoms with Crippen molar-refractivity contribution in [2.45, 2.75) is 6.92 Å². The Hall–Kier alpha value is -1.91. The van der Waals surface area contributed by atoms with Crippen LogP contribution in [-0.2, 0) is 4.79 Å².